The molecule has 0 atom stereocenters. The van der Waals surface area contributed by atoms with Gasteiger partial charge in [0.05, 0.1) is 46.8 Å². The van der Waals surface area contributed by atoms with E-state index >= 15 is 0 Å². The monoisotopic (exact) mass is 746 g/mol. The number of fused-ring (bicyclic) bond motifs is 2. The summed E-state index contributed by atoms with van der Waals surface area (Å²) in [5.74, 6) is 0. The Morgan fingerprint density at radius 3 is 1.56 bits per heavy atom. The minimum Gasteiger partial charge on any atom is -0.450 e. The molecule has 0 saturated heterocycles. The molecule has 2 heterocycles. The molecule has 2 aromatic heterocycles. The molecule has 3 N–H and O–H groups in total. The Labute approximate surface area is 319 Å². The fourth-order valence-electron chi connectivity index (χ4n) is 6.15. The van der Waals surface area contributed by atoms with Crippen LogP contribution in [0.5, 0.6) is 0 Å². The Hall–Kier alpha value is -6.27. The highest BCUT2D eigenvalue weighted by Gasteiger charge is 2.19. The zero-order chi connectivity index (χ0) is 39.4. The predicted octanol–water partition coefficient (Wildman–Crippen LogP) is 10.5. The van der Waals surface area contributed by atoms with Gasteiger partial charge in [0.1, 0.15) is 12.1 Å². The molecule has 11 nitrogen and oxygen atoms in total. The Morgan fingerprint density at radius 2 is 1.19 bits per heavy atom. The summed E-state index contributed by atoms with van der Waals surface area (Å²) < 4.78 is 9.25. The van der Waals surface area contributed by atoms with Crippen LogP contribution < -0.4 is 11.1 Å². The lowest BCUT2D eigenvalue weighted by Gasteiger charge is -2.10. The number of aromatic nitrogens is 2. The molecule has 0 aliphatic rings. The average molecular weight is 747 g/mol. The highest BCUT2D eigenvalue weighted by molar-refractivity contribution is 6.61. The van der Waals surface area contributed by atoms with Crippen LogP contribution in [0.3, 0.4) is 0 Å². The van der Waals surface area contributed by atoms with E-state index in [0.29, 0.717) is 24.5 Å². The number of rotatable bonds is 8. The van der Waals surface area contributed by atoms with Crippen LogP contribution in [-0.4, -0.2) is 33.9 Å². The smallest absolute Gasteiger partial charge is 0.435 e. The maximum atomic E-state index is 11.5. The van der Waals surface area contributed by atoms with Crippen molar-refractivity contribution in [3.05, 3.63) is 107 Å². The van der Waals surface area contributed by atoms with Gasteiger partial charge in [0.15, 0.2) is 0 Å². The lowest BCUT2D eigenvalue weighted by atomic mass is 10.1. The topological polar surface area (TPSA) is 157 Å². The Balaban J connectivity index is 0.000000208. The fraction of sp³-hybridized carbons (Fsp3) is 0.238. The van der Waals surface area contributed by atoms with Crippen LogP contribution >= 0.6 is 11.6 Å². The number of nitrogens with zero attached hydrogens (tertiary/aromatic N) is 4. The number of carbonyl (C=O) groups excluding carboxylic acids is 2. The van der Waals surface area contributed by atoms with Crippen molar-refractivity contribution in [1.82, 2.24) is 9.13 Å². The van der Waals surface area contributed by atoms with Crippen LogP contribution in [0, 0.1) is 36.5 Å². The maximum Gasteiger partial charge on any atom is 0.435 e. The molecule has 0 radical (unpaired) electrons. The first-order valence-corrected chi connectivity index (χ1v) is 17.8. The Morgan fingerprint density at radius 1 is 0.722 bits per heavy atom. The largest absolute Gasteiger partial charge is 0.450 e. The summed E-state index contributed by atoms with van der Waals surface area (Å²) in [7, 11) is 0. The number of nitrogen functional groups attached to an aromatic ring is 1. The van der Waals surface area contributed by atoms with E-state index in [2.05, 4.69) is 86.9 Å². The van der Waals surface area contributed by atoms with Gasteiger partial charge in [0.2, 0.25) is 0 Å². The van der Waals surface area contributed by atoms with Crippen molar-refractivity contribution < 1.29 is 24.1 Å². The average Bonchev–Trinajstić information content (AvgIpc) is 3.65. The van der Waals surface area contributed by atoms with Crippen LogP contribution in [0.1, 0.15) is 49.9 Å². The number of anilines is 2. The van der Waals surface area contributed by atoms with Crippen molar-refractivity contribution >= 4 is 56.3 Å². The summed E-state index contributed by atoms with van der Waals surface area (Å²) >= 11 is 4.67. The van der Waals surface area contributed by atoms with Crippen molar-refractivity contribution in [2.75, 3.05) is 24.3 Å². The first kappa shape index (κ1) is 40.5. The predicted molar refractivity (Wildman–Crippen MR) is 214 cm³/mol. The van der Waals surface area contributed by atoms with E-state index in [-0.39, 0.29) is 0 Å². The highest BCUT2D eigenvalue weighted by atomic mass is 35.5. The molecule has 12 heteroatoms. The van der Waals surface area contributed by atoms with E-state index in [1.807, 2.05) is 73.7 Å². The maximum absolute atomic E-state index is 11.5. The summed E-state index contributed by atoms with van der Waals surface area (Å²) in [6.45, 7) is 14.0. The molecule has 54 heavy (non-hydrogen) atoms. The van der Waals surface area contributed by atoms with Crippen LogP contribution in [0.15, 0.2) is 84.9 Å². The van der Waals surface area contributed by atoms with Crippen molar-refractivity contribution in [3.8, 4) is 34.7 Å². The molecule has 0 bridgehead atoms. The summed E-state index contributed by atoms with van der Waals surface area (Å²) in [6.07, 6.45) is -0.476. The van der Waals surface area contributed by atoms with Crippen LogP contribution in [0.25, 0.3) is 44.3 Å². The minimum absolute atomic E-state index is 0.318. The Kier molecular flexibility index (Phi) is 14.2. The van der Waals surface area contributed by atoms with Crippen molar-refractivity contribution in [2.24, 2.45) is 0 Å². The second kappa shape index (κ2) is 19.0. The fourth-order valence-corrected chi connectivity index (χ4v) is 6.19. The molecule has 6 aromatic rings. The number of nitriles is 2. The number of halogens is 1. The van der Waals surface area contributed by atoms with Gasteiger partial charge < -0.3 is 19.6 Å². The molecule has 6 rings (SSSR count). The van der Waals surface area contributed by atoms with Crippen LogP contribution in [0.2, 0.25) is 0 Å². The van der Waals surface area contributed by atoms with Crippen LogP contribution in [-0.2, 0) is 27.6 Å². The van der Waals surface area contributed by atoms with Gasteiger partial charge in [-0.1, -0.05) is 48.5 Å². The van der Waals surface area contributed by atoms with Gasteiger partial charge in [0, 0.05) is 46.8 Å². The molecule has 4 aromatic carbocycles. The van der Waals surface area contributed by atoms with Crippen molar-refractivity contribution in [2.45, 2.75) is 54.6 Å². The number of hydrogen-bond donors (Lipinski definition) is 2. The quantitative estimate of drug-likeness (QED) is 0.0674. The summed E-state index contributed by atoms with van der Waals surface area (Å²) in [5.41, 5.74) is 16.0. The van der Waals surface area contributed by atoms with Gasteiger partial charge in [0.25, 0.3) is 0 Å². The third kappa shape index (κ3) is 9.39. The Bertz CT molecular complexity index is 2330. The lowest BCUT2D eigenvalue weighted by molar-refractivity contribution is -0.226. The van der Waals surface area contributed by atoms with Crippen molar-refractivity contribution in [3.63, 3.8) is 0 Å². The van der Waals surface area contributed by atoms with E-state index < -0.39 is 11.5 Å². The molecule has 0 fully saturated rings. The van der Waals surface area contributed by atoms with E-state index in [1.165, 1.54) is 5.56 Å². The number of amides is 1. The first-order valence-electron chi connectivity index (χ1n) is 17.5. The number of hydrogen-bond acceptors (Lipinski definition) is 8. The van der Waals surface area contributed by atoms with E-state index in [9.17, 15) is 20.1 Å². The van der Waals surface area contributed by atoms with Crippen LogP contribution in [0.4, 0.5) is 21.0 Å². The van der Waals surface area contributed by atoms with Gasteiger partial charge in [-0.05, 0) is 100 Å². The standard InChI is InChI=1S/C21H21N3O2.C18H17N3.C3H5ClO3/c1-4-24-19-12-14(3)6-11-17(19)18(13-22)20(24)15-7-9-16(10-8-15)23-21(25)26-5-2;1-3-21-17-10-12(2)4-9-15(17)16(11-19)18(21)13-5-7-14(20)8-6-13;1-2-6-7-3(4)5/h6-12H,4-5H2,1-3H3,(H,23,25);4-10H,3,20H2,1-2H3;2H2,1H3. The van der Waals surface area contributed by atoms with Gasteiger partial charge in [-0.3, -0.25) is 10.2 Å². The zero-order valence-electron chi connectivity index (χ0n) is 31.2. The molecular formula is C42H43ClN6O5. The molecule has 0 aliphatic carbocycles. The number of nitrogens with two attached hydrogens (primary N) is 1. The molecule has 278 valence electrons. The summed E-state index contributed by atoms with van der Waals surface area (Å²) in [6, 6.07) is 32.3. The van der Waals surface area contributed by atoms with E-state index in [0.717, 1.165) is 74.2 Å². The molecule has 1 amide bonds. The lowest BCUT2D eigenvalue weighted by Crippen LogP contribution is -2.13. The number of benzene rings is 4. The second-order valence-electron chi connectivity index (χ2n) is 12.0. The van der Waals surface area contributed by atoms with Gasteiger partial charge in [-0.15, -0.1) is 0 Å². The third-order valence-electron chi connectivity index (χ3n) is 8.40. The van der Waals surface area contributed by atoms with Gasteiger partial charge >= 0.3 is 11.5 Å². The molecule has 0 saturated carbocycles. The summed E-state index contributed by atoms with van der Waals surface area (Å²) in [4.78, 5) is 29.1. The van der Waals surface area contributed by atoms with E-state index in [4.69, 9.17) is 10.5 Å². The molecule has 0 unspecified atom stereocenters. The van der Waals surface area contributed by atoms with Gasteiger partial charge in [-0.25, -0.2) is 9.59 Å². The highest BCUT2D eigenvalue weighted by Crippen LogP contribution is 2.36. The number of carbonyl (C=O) groups is 2. The number of ether oxygens (including phenoxy) is 1. The first-order chi connectivity index (χ1) is 26.0. The third-order valence-corrected chi connectivity index (χ3v) is 8.47. The minimum atomic E-state index is -0.943. The second-order valence-corrected chi connectivity index (χ2v) is 12.3. The summed E-state index contributed by atoms with van der Waals surface area (Å²) in [5, 5.41) is 24.0. The molecular weight excluding hydrogens is 704 g/mol. The number of nitrogens with one attached hydrogen (secondary N) is 1. The van der Waals surface area contributed by atoms with Gasteiger partial charge in [-0.2, -0.15) is 15.4 Å². The van der Waals surface area contributed by atoms with Crippen molar-refractivity contribution in [1.29, 1.82) is 10.5 Å². The molecule has 0 aliphatic heterocycles. The zero-order valence-corrected chi connectivity index (χ0v) is 32.0. The SMILES string of the molecule is CCOC(=O)Nc1ccc(-c2c(C#N)c3ccc(C)cc3n2CC)cc1.CCOOC(=O)Cl.CCn1c(-c2ccc(N)cc2)c(C#N)c2ccc(C)cc21. The molecule has 0 spiro atoms. The van der Waals surface area contributed by atoms with E-state index in [1.54, 1.807) is 13.8 Å². The normalized spacial score (nSPS) is 10.3. The number of aryl methyl sites for hydroxylation is 4.